The van der Waals surface area contributed by atoms with E-state index in [1.54, 1.807) is 0 Å². The third kappa shape index (κ3) is 2.67. The Hall–Kier alpha value is -1.35. The Bertz CT molecular complexity index is 403. The largest absolute Gasteiger partial charge is 0.326 e. The summed E-state index contributed by atoms with van der Waals surface area (Å²) in [5, 5.41) is 3.01. The lowest BCUT2D eigenvalue weighted by Gasteiger charge is -2.16. The van der Waals surface area contributed by atoms with E-state index in [9.17, 15) is 4.79 Å². The van der Waals surface area contributed by atoms with Crippen LogP contribution in [0.15, 0.2) is 24.3 Å². The Morgan fingerprint density at radius 2 is 2.18 bits per heavy atom. The number of rotatable bonds is 3. The lowest BCUT2D eigenvalue weighted by molar-refractivity contribution is -0.120. The number of para-hydroxylation sites is 1. The van der Waals surface area contributed by atoms with Gasteiger partial charge in [-0.1, -0.05) is 31.5 Å². The molecule has 1 aliphatic rings. The Balaban J connectivity index is 2.07. The van der Waals surface area contributed by atoms with Crippen molar-refractivity contribution in [1.82, 2.24) is 0 Å². The third-order valence-electron chi connectivity index (χ3n) is 3.69. The van der Waals surface area contributed by atoms with Crippen molar-refractivity contribution >= 4 is 11.6 Å². The molecule has 1 saturated carbocycles. The molecule has 0 spiro atoms. The van der Waals surface area contributed by atoms with Crippen LogP contribution in [0.2, 0.25) is 0 Å². The molecule has 3 nitrogen and oxygen atoms in total. The highest BCUT2D eigenvalue weighted by Gasteiger charge is 2.29. The molecule has 1 amide bonds. The molecule has 3 N–H and O–H groups in total. The van der Waals surface area contributed by atoms with Crippen LogP contribution in [0.25, 0.3) is 0 Å². The third-order valence-corrected chi connectivity index (χ3v) is 3.69. The summed E-state index contributed by atoms with van der Waals surface area (Å²) in [7, 11) is 0. The molecule has 0 heterocycles. The monoisotopic (exact) mass is 232 g/mol. The van der Waals surface area contributed by atoms with Gasteiger partial charge in [-0.3, -0.25) is 4.79 Å². The van der Waals surface area contributed by atoms with Crippen molar-refractivity contribution in [3.63, 3.8) is 0 Å². The predicted molar refractivity (Wildman–Crippen MR) is 69.5 cm³/mol. The number of hydrogen-bond donors (Lipinski definition) is 2. The molecule has 17 heavy (non-hydrogen) atoms. The highest BCUT2D eigenvalue weighted by Crippen LogP contribution is 2.32. The molecule has 1 aromatic rings. The number of anilines is 1. The van der Waals surface area contributed by atoms with Gasteiger partial charge in [0.2, 0.25) is 5.91 Å². The van der Waals surface area contributed by atoms with E-state index in [2.05, 4.69) is 12.2 Å². The molecule has 0 bridgehead atoms. The Kier molecular flexibility index (Phi) is 3.79. The lowest BCUT2D eigenvalue weighted by Crippen LogP contribution is -2.25. The highest BCUT2D eigenvalue weighted by molar-refractivity contribution is 5.93. The van der Waals surface area contributed by atoms with E-state index >= 15 is 0 Å². The van der Waals surface area contributed by atoms with Crippen molar-refractivity contribution in [1.29, 1.82) is 0 Å². The summed E-state index contributed by atoms with van der Waals surface area (Å²) in [6.45, 7) is 2.61. The van der Waals surface area contributed by atoms with Crippen LogP contribution in [0, 0.1) is 11.8 Å². The van der Waals surface area contributed by atoms with Crippen LogP contribution in [0.1, 0.15) is 31.7 Å². The maximum absolute atomic E-state index is 12.1. The van der Waals surface area contributed by atoms with Gasteiger partial charge in [-0.05, 0) is 30.4 Å². The molecule has 0 aliphatic heterocycles. The SMILES string of the molecule is CC1CCCC1C(=O)Nc1ccccc1CN. The van der Waals surface area contributed by atoms with E-state index in [1.165, 1.54) is 0 Å². The maximum Gasteiger partial charge on any atom is 0.227 e. The quantitative estimate of drug-likeness (QED) is 0.841. The minimum absolute atomic E-state index is 0.149. The summed E-state index contributed by atoms with van der Waals surface area (Å²) in [5.74, 6) is 0.816. The molecule has 2 unspecified atom stereocenters. The number of hydrogen-bond acceptors (Lipinski definition) is 2. The summed E-state index contributed by atoms with van der Waals surface area (Å²) in [6.07, 6.45) is 3.34. The summed E-state index contributed by atoms with van der Waals surface area (Å²) in [5.41, 5.74) is 7.51. The van der Waals surface area contributed by atoms with Crippen molar-refractivity contribution in [2.45, 2.75) is 32.7 Å². The number of nitrogens with one attached hydrogen (secondary N) is 1. The number of nitrogens with two attached hydrogens (primary N) is 1. The normalized spacial score (nSPS) is 23.6. The minimum atomic E-state index is 0.149. The van der Waals surface area contributed by atoms with Crippen molar-refractivity contribution < 1.29 is 4.79 Å². The van der Waals surface area contributed by atoms with E-state index in [4.69, 9.17) is 5.73 Å². The number of carbonyl (C=O) groups excluding carboxylic acids is 1. The summed E-state index contributed by atoms with van der Waals surface area (Å²) in [6, 6.07) is 7.73. The molecule has 2 rings (SSSR count). The second-order valence-electron chi connectivity index (χ2n) is 4.87. The van der Waals surface area contributed by atoms with Crippen LogP contribution in [0.3, 0.4) is 0 Å². The van der Waals surface area contributed by atoms with Gasteiger partial charge < -0.3 is 11.1 Å². The molecule has 0 radical (unpaired) electrons. The molecule has 0 aromatic heterocycles. The molecule has 0 saturated heterocycles. The second-order valence-corrected chi connectivity index (χ2v) is 4.87. The van der Waals surface area contributed by atoms with Crippen molar-refractivity contribution in [3.05, 3.63) is 29.8 Å². The van der Waals surface area contributed by atoms with E-state index in [-0.39, 0.29) is 11.8 Å². The van der Waals surface area contributed by atoms with Gasteiger partial charge in [0.15, 0.2) is 0 Å². The van der Waals surface area contributed by atoms with E-state index in [1.807, 2.05) is 24.3 Å². The van der Waals surface area contributed by atoms with Crippen molar-refractivity contribution in [2.75, 3.05) is 5.32 Å². The van der Waals surface area contributed by atoms with Gasteiger partial charge in [0.05, 0.1) is 0 Å². The fourth-order valence-corrected chi connectivity index (χ4v) is 2.58. The van der Waals surface area contributed by atoms with Gasteiger partial charge in [0.1, 0.15) is 0 Å². The standard InChI is InChI=1S/C14H20N2O/c1-10-5-4-7-12(10)14(17)16-13-8-3-2-6-11(13)9-15/h2-3,6,8,10,12H,4-5,7,9,15H2,1H3,(H,16,17). The summed E-state index contributed by atoms with van der Waals surface area (Å²) >= 11 is 0. The second kappa shape index (κ2) is 5.32. The Morgan fingerprint density at radius 1 is 1.41 bits per heavy atom. The van der Waals surface area contributed by atoms with Crippen molar-refractivity contribution in [3.8, 4) is 0 Å². The first-order valence-corrected chi connectivity index (χ1v) is 6.31. The number of carbonyl (C=O) groups is 1. The average Bonchev–Trinajstić information content (AvgIpc) is 2.76. The van der Waals surface area contributed by atoms with Gasteiger partial charge in [-0.15, -0.1) is 0 Å². The number of amides is 1. The van der Waals surface area contributed by atoms with Crippen molar-refractivity contribution in [2.24, 2.45) is 17.6 Å². The van der Waals surface area contributed by atoms with Crippen LogP contribution >= 0.6 is 0 Å². The fourth-order valence-electron chi connectivity index (χ4n) is 2.58. The van der Waals surface area contributed by atoms with Gasteiger partial charge in [0, 0.05) is 18.2 Å². The highest BCUT2D eigenvalue weighted by atomic mass is 16.1. The van der Waals surface area contributed by atoms with Crippen LogP contribution in [-0.2, 0) is 11.3 Å². The summed E-state index contributed by atoms with van der Waals surface area (Å²) < 4.78 is 0. The van der Waals surface area contributed by atoms with Crippen LogP contribution < -0.4 is 11.1 Å². The topological polar surface area (TPSA) is 55.1 Å². The van der Waals surface area contributed by atoms with Crippen LogP contribution in [0.4, 0.5) is 5.69 Å². The molecule has 1 aliphatic carbocycles. The van der Waals surface area contributed by atoms with Crippen LogP contribution in [0.5, 0.6) is 0 Å². The van der Waals surface area contributed by atoms with Gasteiger partial charge >= 0.3 is 0 Å². The predicted octanol–water partition coefficient (Wildman–Crippen LogP) is 2.52. The Labute approximate surface area is 102 Å². The molecule has 2 atom stereocenters. The van der Waals surface area contributed by atoms with E-state index in [0.29, 0.717) is 12.5 Å². The zero-order valence-corrected chi connectivity index (χ0v) is 10.3. The minimum Gasteiger partial charge on any atom is -0.326 e. The first kappa shape index (κ1) is 12.1. The molecule has 92 valence electrons. The summed E-state index contributed by atoms with van der Waals surface area (Å²) in [4.78, 5) is 12.1. The van der Waals surface area contributed by atoms with Gasteiger partial charge in [-0.2, -0.15) is 0 Å². The van der Waals surface area contributed by atoms with E-state index < -0.39 is 0 Å². The number of benzene rings is 1. The van der Waals surface area contributed by atoms with E-state index in [0.717, 1.165) is 30.5 Å². The molecular weight excluding hydrogens is 212 g/mol. The molecular formula is C14H20N2O. The fraction of sp³-hybridized carbons (Fsp3) is 0.500. The average molecular weight is 232 g/mol. The Morgan fingerprint density at radius 3 is 2.82 bits per heavy atom. The van der Waals surface area contributed by atoms with Gasteiger partial charge in [0.25, 0.3) is 0 Å². The van der Waals surface area contributed by atoms with Gasteiger partial charge in [-0.25, -0.2) is 0 Å². The molecule has 3 heteroatoms. The first-order chi connectivity index (χ1) is 8.22. The first-order valence-electron chi connectivity index (χ1n) is 6.31. The van der Waals surface area contributed by atoms with Crippen LogP contribution in [-0.4, -0.2) is 5.91 Å². The maximum atomic E-state index is 12.1. The zero-order valence-electron chi connectivity index (χ0n) is 10.3. The lowest BCUT2D eigenvalue weighted by atomic mass is 9.97. The zero-order chi connectivity index (χ0) is 12.3. The molecule has 1 fully saturated rings. The smallest absolute Gasteiger partial charge is 0.227 e. The molecule has 1 aromatic carbocycles.